The fourth-order valence-electron chi connectivity index (χ4n) is 1.72. The van der Waals surface area contributed by atoms with Gasteiger partial charge in [-0.15, -0.1) is 12.6 Å². The van der Waals surface area contributed by atoms with Gasteiger partial charge < -0.3 is 5.32 Å². The van der Waals surface area contributed by atoms with Crippen LogP contribution in [-0.2, 0) is 0 Å². The Kier molecular flexibility index (Phi) is 3.19. The van der Waals surface area contributed by atoms with Gasteiger partial charge in [0.05, 0.1) is 0 Å². The molecule has 0 aromatic carbocycles. The molecule has 0 aliphatic heterocycles. The highest BCUT2D eigenvalue weighted by Crippen LogP contribution is 2.27. The lowest BCUT2D eigenvalue weighted by Gasteiger charge is -2.34. The molecule has 0 radical (unpaired) electrons. The Balaban J connectivity index is 2.43. The molecule has 1 aliphatic carbocycles. The average molecular weight is 189 g/mol. The number of nitrogens with one attached hydrogen (secondary N) is 1. The Labute approximate surface area is 79.4 Å². The minimum atomic E-state index is 0.233. The molecule has 1 nitrogen and oxygen atoms in total. The SMILES string of the molecule is CC1(NC(=S)S)CCCCC1. The van der Waals surface area contributed by atoms with Gasteiger partial charge in [0.2, 0.25) is 0 Å². The summed E-state index contributed by atoms with van der Waals surface area (Å²) >= 11 is 8.98. The first kappa shape index (κ1) is 9.33. The van der Waals surface area contributed by atoms with E-state index in [0.29, 0.717) is 4.32 Å². The van der Waals surface area contributed by atoms with E-state index in [4.69, 9.17) is 12.2 Å². The van der Waals surface area contributed by atoms with Crippen LogP contribution >= 0.6 is 24.8 Å². The maximum atomic E-state index is 4.90. The zero-order valence-electron chi connectivity index (χ0n) is 6.89. The van der Waals surface area contributed by atoms with Crippen molar-refractivity contribution in [1.29, 1.82) is 0 Å². The fraction of sp³-hybridized carbons (Fsp3) is 0.875. The molecule has 0 bridgehead atoms. The number of hydrogen-bond donors (Lipinski definition) is 2. The van der Waals surface area contributed by atoms with Crippen molar-refractivity contribution in [3.63, 3.8) is 0 Å². The molecule has 0 heterocycles. The molecule has 0 atom stereocenters. The van der Waals surface area contributed by atoms with Crippen molar-refractivity contribution in [2.24, 2.45) is 0 Å². The summed E-state index contributed by atoms with van der Waals surface area (Å²) in [7, 11) is 0. The second kappa shape index (κ2) is 3.76. The van der Waals surface area contributed by atoms with Gasteiger partial charge in [-0.05, 0) is 19.8 Å². The minimum Gasteiger partial charge on any atom is -0.366 e. The third kappa shape index (κ3) is 2.99. The molecule has 0 aromatic heterocycles. The zero-order chi connectivity index (χ0) is 8.32. The third-order valence-corrected chi connectivity index (χ3v) is 2.58. The van der Waals surface area contributed by atoms with Crippen LogP contribution in [0.2, 0.25) is 0 Å². The summed E-state index contributed by atoms with van der Waals surface area (Å²) in [6.07, 6.45) is 6.47. The molecule has 0 aromatic rings. The first-order chi connectivity index (χ1) is 5.12. The lowest BCUT2D eigenvalue weighted by Crippen LogP contribution is -2.44. The largest absolute Gasteiger partial charge is 0.366 e. The van der Waals surface area contributed by atoms with E-state index in [-0.39, 0.29) is 5.54 Å². The Morgan fingerprint density at radius 1 is 1.36 bits per heavy atom. The topological polar surface area (TPSA) is 12.0 Å². The molecule has 0 spiro atoms. The van der Waals surface area contributed by atoms with Crippen LogP contribution in [0.15, 0.2) is 0 Å². The summed E-state index contributed by atoms with van der Waals surface area (Å²) in [5.41, 5.74) is 0.233. The molecular formula is C8H15NS2. The summed E-state index contributed by atoms with van der Waals surface area (Å²) < 4.78 is 0.634. The van der Waals surface area contributed by atoms with Gasteiger partial charge in [0.1, 0.15) is 4.32 Å². The predicted molar refractivity (Wildman–Crippen MR) is 56.2 cm³/mol. The van der Waals surface area contributed by atoms with E-state index in [1.807, 2.05) is 0 Å². The quantitative estimate of drug-likeness (QED) is 0.485. The molecule has 11 heavy (non-hydrogen) atoms. The lowest BCUT2D eigenvalue weighted by molar-refractivity contribution is 0.294. The standard InChI is InChI=1S/C8H15NS2/c1-8(9-7(10)11)5-3-2-4-6-8/h2-6H2,1H3,(H2,9,10,11). The van der Waals surface area contributed by atoms with Crippen LogP contribution in [0, 0.1) is 0 Å². The highest BCUT2D eigenvalue weighted by atomic mass is 32.1. The molecule has 0 unspecified atom stereocenters. The van der Waals surface area contributed by atoms with Crippen molar-refractivity contribution in [2.45, 2.75) is 44.6 Å². The van der Waals surface area contributed by atoms with E-state index >= 15 is 0 Å². The predicted octanol–water partition coefficient (Wildman–Crippen LogP) is 2.51. The molecule has 0 saturated heterocycles. The monoisotopic (exact) mass is 189 g/mol. The van der Waals surface area contributed by atoms with E-state index in [1.54, 1.807) is 0 Å². The summed E-state index contributed by atoms with van der Waals surface area (Å²) in [5, 5.41) is 3.25. The van der Waals surface area contributed by atoms with E-state index in [2.05, 4.69) is 24.9 Å². The Morgan fingerprint density at radius 2 is 1.91 bits per heavy atom. The van der Waals surface area contributed by atoms with Crippen LogP contribution in [-0.4, -0.2) is 9.86 Å². The second-order valence-corrected chi connectivity index (χ2v) is 4.71. The van der Waals surface area contributed by atoms with E-state index in [0.717, 1.165) is 0 Å². The molecule has 3 heteroatoms. The molecule has 64 valence electrons. The summed E-state index contributed by atoms with van der Waals surface area (Å²) in [5.74, 6) is 0. The number of hydrogen-bond acceptors (Lipinski definition) is 1. The number of thiocarbonyl (C=S) groups is 1. The molecular weight excluding hydrogens is 174 g/mol. The molecule has 1 N–H and O–H groups in total. The van der Waals surface area contributed by atoms with Gasteiger partial charge >= 0.3 is 0 Å². The van der Waals surface area contributed by atoms with Crippen LogP contribution in [0.3, 0.4) is 0 Å². The molecule has 1 aliphatic rings. The van der Waals surface area contributed by atoms with Gasteiger partial charge in [-0.2, -0.15) is 0 Å². The van der Waals surface area contributed by atoms with Gasteiger partial charge in [-0.25, -0.2) is 0 Å². The third-order valence-electron chi connectivity index (χ3n) is 2.37. The first-order valence-electron chi connectivity index (χ1n) is 4.13. The fourth-order valence-corrected chi connectivity index (χ4v) is 2.23. The smallest absolute Gasteiger partial charge is 0.131 e. The van der Waals surface area contributed by atoms with Crippen molar-refractivity contribution in [2.75, 3.05) is 0 Å². The maximum Gasteiger partial charge on any atom is 0.131 e. The molecule has 1 saturated carbocycles. The maximum absolute atomic E-state index is 4.90. The summed E-state index contributed by atoms with van der Waals surface area (Å²) in [4.78, 5) is 0. The van der Waals surface area contributed by atoms with Crippen LogP contribution < -0.4 is 5.32 Å². The van der Waals surface area contributed by atoms with E-state index in [9.17, 15) is 0 Å². The van der Waals surface area contributed by atoms with Crippen molar-refractivity contribution in [3.05, 3.63) is 0 Å². The Bertz CT molecular complexity index is 150. The van der Waals surface area contributed by atoms with Gasteiger partial charge in [-0.3, -0.25) is 0 Å². The van der Waals surface area contributed by atoms with Crippen molar-refractivity contribution >= 4 is 29.2 Å². The van der Waals surface area contributed by atoms with Gasteiger partial charge in [0.25, 0.3) is 0 Å². The highest BCUT2D eigenvalue weighted by molar-refractivity contribution is 8.11. The number of thiol groups is 1. The normalized spacial score (nSPS) is 22.7. The Hall–Kier alpha value is 0.240. The van der Waals surface area contributed by atoms with Crippen LogP contribution in [0.4, 0.5) is 0 Å². The van der Waals surface area contributed by atoms with Gasteiger partial charge in [0, 0.05) is 5.54 Å². The molecule has 0 amide bonds. The van der Waals surface area contributed by atoms with Crippen LogP contribution in [0.1, 0.15) is 39.0 Å². The summed E-state index contributed by atoms with van der Waals surface area (Å²) in [6.45, 7) is 2.23. The van der Waals surface area contributed by atoms with Crippen molar-refractivity contribution in [3.8, 4) is 0 Å². The van der Waals surface area contributed by atoms with Crippen LogP contribution in [0.25, 0.3) is 0 Å². The van der Waals surface area contributed by atoms with Crippen LogP contribution in [0.5, 0.6) is 0 Å². The molecule has 1 rings (SSSR count). The zero-order valence-corrected chi connectivity index (χ0v) is 8.60. The average Bonchev–Trinajstić information content (AvgIpc) is 1.85. The Morgan fingerprint density at radius 3 is 2.36 bits per heavy atom. The first-order valence-corrected chi connectivity index (χ1v) is 4.99. The van der Waals surface area contributed by atoms with E-state index < -0.39 is 0 Å². The second-order valence-electron chi connectivity index (χ2n) is 3.55. The van der Waals surface area contributed by atoms with Crippen molar-refractivity contribution < 1.29 is 0 Å². The lowest BCUT2D eigenvalue weighted by atomic mass is 9.84. The highest BCUT2D eigenvalue weighted by Gasteiger charge is 2.26. The van der Waals surface area contributed by atoms with E-state index in [1.165, 1.54) is 32.1 Å². The minimum absolute atomic E-state index is 0.233. The van der Waals surface area contributed by atoms with Gasteiger partial charge in [0.15, 0.2) is 0 Å². The van der Waals surface area contributed by atoms with Gasteiger partial charge in [-0.1, -0.05) is 31.5 Å². The molecule has 1 fully saturated rings. The summed E-state index contributed by atoms with van der Waals surface area (Å²) in [6, 6.07) is 0. The number of rotatable bonds is 1. The van der Waals surface area contributed by atoms with Crippen molar-refractivity contribution in [1.82, 2.24) is 5.32 Å².